The fourth-order valence-corrected chi connectivity index (χ4v) is 4.95. The number of carbonyl (C=O) groups excluding carboxylic acids is 2. The van der Waals surface area contributed by atoms with Gasteiger partial charge in [0, 0.05) is 28.1 Å². The lowest BCUT2D eigenvalue weighted by Crippen LogP contribution is -2.36. The number of urea groups is 1. The van der Waals surface area contributed by atoms with Crippen LogP contribution in [-0.2, 0) is 4.79 Å². The topological polar surface area (TPSA) is 70.2 Å². The second kappa shape index (κ2) is 7.66. The van der Waals surface area contributed by atoms with Crippen molar-refractivity contribution in [3.63, 3.8) is 0 Å². The Morgan fingerprint density at radius 1 is 1.38 bits per heavy atom. The molecule has 1 aromatic carbocycles. The number of fused-ring (bicyclic) bond motifs is 1. The predicted octanol–water partition coefficient (Wildman–Crippen LogP) is 3.31. The van der Waals surface area contributed by atoms with E-state index in [9.17, 15) is 9.59 Å². The first-order valence-corrected chi connectivity index (χ1v) is 9.71. The molecule has 2 saturated heterocycles. The number of thioether (sulfide) groups is 1. The van der Waals surface area contributed by atoms with Crippen molar-refractivity contribution < 1.29 is 9.59 Å². The number of hydrogen-bond donors (Lipinski definition) is 3. The summed E-state index contributed by atoms with van der Waals surface area (Å²) in [7, 11) is 0. The Hall–Kier alpha value is -1.40. The van der Waals surface area contributed by atoms with Gasteiger partial charge in [-0.2, -0.15) is 11.8 Å². The van der Waals surface area contributed by atoms with Crippen LogP contribution in [0.3, 0.4) is 0 Å². The highest BCUT2D eigenvalue weighted by molar-refractivity contribution is 8.00. The summed E-state index contributed by atoms with van der Waals surface area (Å²) in [6.07, 6.45) is 3.36. The number of benzene rings is 1. The lowest BCUT2D eigenvalue weighted by atomic mass is 10.0. The van der Waals surface area contributed by atoms with Gasteiger partial charge >= 0.3 is 6.03 Å². The molecule has 0 aliphatic carbocycles. The van der Waals surface area contributed by atoms with E-state index < -0.39 is 0 Å². The summed E-state index contributed by atoms with van der Waals surface area (Å²) in [5.41, 5.74) is 1.67. The van der Waals surface area contributed by atoms with E-state index in [-0.39, 0.29) is 24.0 Å². The third kappa shape index (κ3) is 3.98. The van der Waals surface area contributed by atoms with Crippen molar-refractivity contribution in [3.05, 3.63) is 28.8 Å². The summed E-state index contributed by atoms with van der Waals surface area (Å²) in [5, 5.41) is 9.98. The molecule has 0 unspecified atom stereocenters. The molecule has 0 bridgehead atoms. The van der Waals surface area contributed by atoms with Crippen LogP contribution >= 0.6 is 23.4 Å². The molecule has 2 heterocycles. The van der Waals surface area contributed by atoms with Gasteiger partial charge in [0.2, 0.25) is 5.91 Å². The van der Waals surface area contributed by atoms with E-state index in [1.54, 1.807) is 0 Å². The SMILES string of the molecule is Cc1c(Cl)cccc1NC(=O)CCCC[C@@H]1SC[C@H]2NC(=O)N[C@H]12. The van der Waals surface area contributed by atoms with Crippen LogP contribution in [0.25, 0.3) is 0 Å². The molecule has 0 spiro atoms. The minimum absolute atomic E-state index is 0.0214. The Bertz CT molecular complexity index is 640. The van der Waals surface area contributed by atoms with Crippen LogP contribution in [0.1, 0.15) is 31.2 Å². The fraction of sp³-hybridized carbons (Fsp3) is 0.529. The van der Waals surface area contributed by atoms with Gasteiger partial charge in [0.15, 0.2) is 0 Å². The fourth-order valence-electron chi connectivity index (χ4n) is 3.23. The van der Waals surface area contributed by atoms with Crippen molar-refractivity contribution >= 4 is 41.0 Å². The van der Waals surface area contributed by atoms with Gasteiger partial charge in [-0.25, -0.2) is 4.79 Å². The molecule has 2 aliphatic heterocycles. The van der Waals surface area contributed by atoms with Gasteiger partial charge in [0.25, 0.3) is 0 Å². The number of nitrogens with one attached hydrogen (secondary N) is 3. The largest absolute Gasteiger partial charge is 0.332 e. The highest BCUT2D eigenvalue weighted by Gasteiger charge is 2.42. The molecule has 7 heteroatoms. The summed E-state index contributed by atoms with van der Waals surface area (Å²) < 4.78 is 0. The van der Waals surface area contributed by atoms with Gasteiger partial charge in [-0.1, -0.05) is 24.1 Å². The van der Waals surface area contributed by atoms with Gasteiger partial charge in [-0.3, -0.25) is 4.79 Å². The van der Waals surface area contributed by atoms with Crippen molar-refractivity contribution in [1.82, 2.24) is 10.6 Å². The Morgan fingerprint density at radius 2 is 2.21 bits per heavy atom. The molecule has 3 atom stereocenters. The number of halogens is 1. The smallest absolute Gasteiger partial charge is 0.315 e. The summed E-state index contributed by atoms with van der Waals surface area (Å²) in [5.74, 6) is 0.996. The Kier molecular flexibility index (Phi) is 5.56. The minimum Gasteiger partial charge on any atom is -0.332 e. The number of amides is 3. The average molecular weight is 368 g/mol. The zero-order valence-electron chi connectivity index (χ0n) is 13.6. The van der Waals surface area contributed by atoms with E-state index in [0.717, 1.165) is 36.3 Å². The lowest BCUT2D eigenvalue weighted by molar-refractivity contribution is -0.116. The van der Waals surface area contributed by atoms with Crippen LogP contribution in [0, 0.1) is 6.92 Å². The quantitative estimate of drug-likeness (QED) is 0.533. The average Bonchev–Trinajstić information content (AvgIpc) is 3.08. The molecule has 2 fully saturated rings. The zero-order valence-corrected chi connectivity index (χ0v) is 15.2. The number of rotatable bonds is 6. The van der Waals surface area contributed by atoms with Gasteiger partial charge < -0.3 is 16.0 Å². The summed E-state index contributed by atoms with van der Waals surface area (Å²) in [6, 6.07) is 5.97. The van der Waals surface area contributed by atoms with Crippen LogP contribution in [-0.4, -0.2) is 35.0 Å². The Balaban J connectivity index is 1.38. The number of carbonyl (C=O) groups is 2. The molecule has 0 saturated carbocycles. The van der Waals surface area contributed by atoms with Gasteiger partial charge in [0.05, 0.1) is 12.1 Å². The van der Waals surface area contributed by atoms with Gasteiger partial charge in [0.1, 0.15) is 0 Å². The van der Waals surface area contributed by atoms with Crippen LogP contribution in [0.4, 0.5) is 10.5 Å². The molecular formula is C17H22ClN3O2S. The molecule has 1 aromatic rings. The van der Waals surface area contributed by atoms with E-state index in [4.69, 9.17) is 11.6 Å². The molecule has 3 amide bonds. The number of anilines is 1. The van der Waals surface area contributed by atoms with Crippen molar-refractivity contribution in [2.75, 3.05) is 11.1 Å². The predicted molar refractivity (Wildman–Crippen MR) is 98.8 cm³/mol. The maximum absolute atomic E-state index is 12.1. The van der Waals surface area contributed by atoms with Crippen LogP contribution < -0.4 is 16.0 Å². The molecule has 5 nitrogen and oxygen atoms in total. The van der Waals surface area contributed by atoms with E-state index in [2.05, 4.69) is 16.0 Å². The van der Waals surface area contributed by atoms with Crippen LogP contribution in [0.5, 0.6) is 0 Å². The Labute approximate surface area is 151 Å². The number of hydrogen-bond acceptors (Lipinski definition) is 3. The standard InChI is InChI=1S/C17H22ClN3O2S/c1-10-11(18)5-4-6-12(10)19-15(22)8-3-2-7-14-16-13(9-24-14)20-17(23)21-16/h4-6,13-14,16H,2-3,7-9H2,1H3,(H,19,22)(H2,20,21,23)/t13-,14+,16+/m1/s1. The molecule has 0 aromatic heterocycles. The second-order valence-corrected chi connectivity index (χ2v) is 8.01. The first kappa shape index (κ1) is 17.4. The summed E-state index contributed by atoms with van der Waals surface area (Å²) in [6.45, 7) is 1.90. The molecule has 0 radical (unpaired) electrons. The summed E-state index contributed by atoms with van der Waals surface area (Å²) in [4.78, 5) is 23.4. The summed E-state index contributed by atoms with van der Waals surface area (Å²) >= 11 is 7.97. The minimum atomic E-state index is -0.0495. The van der Waals surface area contributed by atoms with E-state index in [0.29, 0.717) is 16.7 Å². The molecule has 2 aliphatic rings. The molecule has 3 rings (SSSR count). The second-order valence-electron chi connectivity index (χ2n) is 6.33. The van der Waals surface area contributed by atoms with Gasteiger partial charge in [-0.05, 0) is 37.5 Å². The highest BCUT2D eigenvalue weighted by Crippen LogP contribution is 2.33. The molecule has 24 heavy (non-hydrogen) atoms. The highest BCUT2D eigenvalue weighted by atomic mass is 35.5. The lowest BCUT2D eigenvalue weighted by Gasteiger charge is -2.16. The molecular weight excluding hydrogens is 346 g/mol. The molecule has 130 valence electrons. The van der Waals surface area contributed by atoms with Gasteiger partial charge in [-0.15, -0.1) is 0 Å². The van der Waals surface area contributed by atoms with Crippen molar-refractivity contribution in [3.8, 4) is 0 Å². The Morgan fingerprint density at radius 3 is 3.04 bits per heavy atom. The first-order chi connectivity index (χ1) is 11.5. The molecule has 3 N–H and O–H groups in total. The van der Waals surface area contributed by atoms with E-state index >= 15 is 0 Å². The van der Waals surface area contributed by atoms with Crippen molar-refractivity contribution in [1.29, 1.82) is 0 Å². The zero-order chi connectivity index (χ0) is 17.1. The monoisotopic (exact) mass is 367 g/mol. The van der Waals surface area contributed by atoms with Crippen molar-refractivity contribution in [2.24, 2.45) is 0 Å². The number of unbranched alkanes of at least 4 members (excludes halogenated alkanes) is 1. The maximum atomic E-state index is 12.1. The van der Waals surface area contributed by atoms with Crippen LogP contribution in [0.2, 0.25) is 5.02 Å². The third-order valence-electron chi connectivity index (χ3n) is 4.62. The maximum Gasteiger partial charge on any atom is 0.315 e. The van der Waals surface area contributed by atoms with E-state index in [1.165, 1.54) is 0 Å². The normalized spacial score (nSPS) is 25.1. The van der Waals surface area contributed by atoms with E-state index in [1.807, 2.05) is 36.9 Å². The van der Waals surface area contributed by atoms with Crippen LogP contribution in [0.15, 0.2) is 18.2 Å². The van der Waals surface area contributed by atoms with Crippen molar-refractivity contribution in [2.45, 2.75) is 49.9 Å². The third-order valence-corrected chi connectivity index (χ3v) is 6.54. The first-order valence-electron chi connectivity index (χ1n) is 8.28.